The molecule has 30 heavy (non-hydrogen) atoms. The second-order valence-corrected chi connectivity index (χ2v) is 7.53. The first-order valence-electron chi connectivity index (χ1n) is 9.90. The van der Waals surface area contributed by atoms with Gasteiger partial charge in [0, 0.05) is 41.3 Å². The molecule has 4 rings (SSSR count). The Morgan fingerprint density at radius 2 is 1.90 bits per heavy atom. The van der Waals surface area contributed by atoms with Crippen LogP contribution in [0.4, 0.5) is 0 Å². The number of ether oxygens (including phenoxy) is 2. The number of rotatable bonds is 5. The predicted octanol–water partition coefficient (Wildman–Crippen LogP) is 3.89. The maximum atomic E-state index is 11.3. The van der Waals surface area contributed by atoms with Gasteiger partial charge in [-0.05, 0) is 48.4 Å². The summed E-state index contributed by atoms with van der Waals surface area (Å²) in [4.78, 5) is 11.3. The largest absolute Gasteiger partial charge is 0.497 e. The summed E-state index contributed by atoms with van der Waals surface area (Å²) in [6.07, 6.45) is -0.0108. The molecule has 0 unspecified atom stereocenters. The van der Waals surface area contributed by atoms with Crippen LogP contribution in [0, 0.1) is 6.92 Å². The van der Waals surface area contributed by atoms with Crippen molar-refractivity contribution in [3.63, 3.8) is 0 Å². The van der Waals surface area contributed by atoms with Crippen molar-refractivity contribution in [2.24, 2.45) is 0 Å². The van der Waals surface area contributed by atoms with Gasteiger partial charge in [-0.25, -0.2) is 0 Å². The zero-order valence-electron chi connectivity index (χ0n) is 17.3. The van der Waals surface area contributed by atoms with Crippen LogP contribution in [0.3, 0.4) is 0 Å². The molecule has 160 valence electrons. The number of hydrogen-bond donors (Lipinski definition) is 2. The van der Waals surface area contributed by atoms with E-state index in [2.05, 4.69) is 9.88 Å². The highest BCUT2D eigenvalue weighted by Gasteiger charge is 2.17. The Bertz CT molecular complexity index is 983. The molecular weight excluding hydrogens is 404 g/mol. The van der Waals surface area contributed by atoms with Crippen molar-refractivity contribution in [1.82, 2.24) is 9.88 Å². The Labute approximate surface area is 181 Å². The third-order valence-electron chi connectivity index (χ3n) is 5.09. The van der Waals surface area contributed by atoms with E-state index in [-0.39, 0.29) is 6.42 Å². The highest BCUT2D eigenvalue weighted by atomic mass is 35.5. The lowest BCUT2D eigenvalue weighted by Gasteiger charge is -2.10. The number of methoxy groups -OCH3 is 1. The van der Waals surface area contributed by atoms with E-state index in [1.807, 2.05) is 49.4 Å². The Morgan fingerprint density at radius 3 is 2.43 bits per heavy atom. The quantitative estimate of drug-likeness (QED) is 0.642. The first-order valence-corrected chi connectivity index (χ1v) is 10.3. The van der Waals surface area contributed by atoms with Crippen molar-refractivity contribution in [3.05, 3.63) is 64.3 Å². The third-order valence-corrected chi connectivity index (χ3v) is 5.34. The van der Waals surface area contributed by atoms with Crippen LogP contribution >= 0.6 is 11.6 Å². The smallest absolute Gasteiger partial charge is 0.307 e. The van der Waals surface area contributed by atoms with Gasteiger partial charge in [0.15, 0.2) is 0 Å². The van der Waals surface area contributed by atoms with Gasteiger partial charge in [-0.2, -0.15) is 0 Å². The van der Waals surface area contributed by atoms with Crippen molar-refractivity contribution in [3.8, 4) is 5.75 Å². The molecule has 3 aromatic rings. The molecule has 1 fully saturated rings. The molecule has 2 heterocycles. The number of benzene rings is 2. The lowest BCUT2D eigenvalue weighted by Crippen LogP contribution is -2.30. The van der Waals surface area contributed by atoms with Gasteiger partial charge < -0.3 is 24.5 Å². The number of carboxylic acid groups (broad SMARTS) is 1. The number of aliphatic carboxylic acids is 1. The molecule has 1 aliphatic heterocycles. The average molecular weight is 431 g/mol. The van der Waals surface area contributed by atoms with Crippen LogP contribution in [-0.4, -0.2) is 49.1 Å². The van der Waals surface area contributed by atoms with Crippen LogP contribution in [0.15, 0.2) is 42.5 Å². The van der Waals surface area contributed by atoms with Crippen LogP contribution in [-0.2, 0) is 22.5 Å². The number of carboxylic acids is 1. The summed E-state index contributed by atoms with van der Waals surface area (Å²) in [5.74, 6) is -0.121. The number of morpholine rings is 1. The van der Waals surface area contributed by atoms with Gasteiger partial charge in [0.05, 0.1) is 26.7 Å². The minimum Gasteiger partial charge on any atom is -0.497 e. The molecule has 0 spiro atoms. The normalized spacial score (nSPS) is 13.6. The van der Waals surface area contributed by atoms with Gasteiger partial charge in [0.1, 0.15) is 5.75 Å². The van der Waals surface area contributed by atoms with Gasteiger partial charge in [0.2, 0.25) is 0 Å². The number of hydrogen-bond acceptors (Lipinski definition) is 4. The molecule has 2 aromatic carbocycles. The van der Waals surface area contributed by atoms with Gasteiger partial charge in [-0.3, -0.25) is 4.79 Å². The fourth-order valence-corrected chi connectivity index (χ4v) is 3.65. The summed E-state index contributed by atoms with van der Waals surface area (Å²) in [7, 11) is 1.61. The Hall–Kier alpha value is -2.54. The molecule has 0 aliphatic carbocycles. The summed E-state index contributed by atoms with van der Waals surface area (Å²) >= 11 is 5.95. The summed E-state index contributed by atoms with van der Waals surface area (Å²) in [6, 6.07) is 13.5. The zero-order chi connectivity index (χ0) is 21.5. The number of halogens is 1. The minimum atomic E-state index is -0.841. The van der Waals surface area contributed by atoms with Crippen molar-refractivity contribution in [1.29, 1.82) is 0 Å². The minimum absolute atomic E-state index is 0.0108. The molecule has 0 amide bonds. The summed E-state index contributed by atoms with van der Waals surface area (Å²) in [5, 5.41) is 14.0. The Kier molecular flexibility index (Phi) is 7.74. The number of fused-ring (bicyclic) bond motifs is 1. The Balaban J connectivity index is 0.000000367. The van der Waals surface area contributed by atoms with Crippen LogP contribution in [0.25, 0.3) is 10.9 Å². The van der Waals surface area contributed by atoms with Crippen molar-refractivity contribution < 1.29 is 19.4 Å². The lowest BCUT2D eigenvalue weighted by atomic mass is 10.1. The average Bonchev–Trinajstić information content (AvgIpc) is 3.01. The fourth-order valence-electron chi connectivity index (χ4n) is 3.52. The first-order chi connectivity index (χ1) is 14.5. The lowest BCUT2D eigenvalue weighted by molar-refractivity contribution is -0.136. The number of carbonyl (C=O) groups is 1. The molecular formula is C23H27ClN2O4. The Morgan fingerprint density at radius 1 is 1.20 bits per heavy atom. The van der Waals surface area contributed by atoms with Gasteiger partial charge in [-0.1, -0.05) is 23.7 Å². The van der Waals surface area contributed by atoms with Crippen LogP contribution in [0.1, 0.15) is 16.8 Å². The van der Waals surface area contributed by atoms with E-state index in [0.717, 1.165) is 59.8 Å². The molecule has 1 saturated heterocycles. The molecule has 0 bridgehead atoms. The predicted molar refractivity (Wildman–Crippen MR) is 119 cm³/mol. The van der Waals surface area contributed by atoms with E-state index < -0.39 is 5.97 Å². The van der Waals surface area contributed by atoms with E-state index in [0.29, 0.717) is 11.6 Å². The number of nitrogens with zero attached hydrogens (tertiary/aromatic N) is 1. The highest BCUT2D eigenvalue weighted by Crippen LogP contribution is 2.30. The summed E-state index contributed by atoms with van der Waals surface area (Å²) in [6.45, 7) is 6.45. The van der Waals surface area contributed by atoms with E-state index in [1.54, 1.807) is 7.11 Å². The van der Waals surface area contributed by atoms with Crippen molar-refractivity contribution in [2.45, 2.75) is 19.9 Å². The second kappa shape index (κ2) is 10.5. The van der Waals surface area contributed by atoms with E-state index in [9.17, 15) is 9.90 Å². The number of aromatic nitrogens is 1. The molecule has 2 N–H and O–H groups in total. The molecule has 1 aliphatic rings. The molecule has 0 atom stereocenters. The standard InChI is InChI=1S/C19H18ClNO3.C4H9NO/c1-12-16(10-19(22)23)17-9-15(24-2)7-8-18(17)21(12)11-13-3-5-14(20)6-4-13;1-3-6-4-2-5-1/h3-9H,10-11H2,1-2H3,(H,22,23);5H,1-4H2. The zero-order valence-corrected chi connectivity index (χ0v) is 18.0. The molecule has 7 heteroatoms. The third kappa shape index (κ3) is 5.53. The molecule has 1 aromatic heterocycles. The maximum absolute atomic E-state index is 11.3. The summed E-state index contributed by atoms with van der Waals surface area (Å²) in [5.41, 5.74) is 3.89. The molecule has 0 radical (unpaired) electrons. The van der Waals surface area contributed by atoms with Crippen LogP contribution in [0.2, 0.25) is 5.02 Å². The van der Waals surface area contributed by atoms with E-state index in [1.165, 1.54) is 0 Å². The number of nitrogens with one attached hydrogen (secondary N) is 1. The van der Waals surface area contributed by atoms with Gasteiger partial charge in [-0.15, -0.1) is 0 Å². The summed E-state index contributed by atoms with van der Waals surface area (Å²) < 4.78 is 12.4. The monoisotopic (exact) mass is 430 g/mol. The second-order valence-electron chi connectivity index (χ2n) is 7.09. The van der Waals surface area contributed by atoms with Crippen molar-refractivity contribution >= 4 is 28.5 Å². The first kappa shape index (κ1) is 22.2. The highest BCUT2D eigenvalue weighted by molar-refractivity contribution is 6.30. The van der Waals surface area contributed by atoms with Crippen molar-refractivity contribution in [2.75, 3.05) is 33.4 Å². The maximum Gasteiger partial charge on any atom is 0.307 e. The topological polar surface area (TPSA) is 72.7 Å². The molecule has 0 saturated carbocycles. The fraction of sp³-hybridized carbons (Fsp3) is 0.348. The van der Waals surface area contributed by atoms with Gasteiger partial charge >= 0.3 is 5.97 Å². The van der Waals surface area contributed by atoms with E-state index in [4.69, 9.17) is 21.1 Å². The van der Waals surface area contributed by atoms with Crippen LogP contribution < -0.4 is 10.1 Å². The SMILES string of the molecule is C1COCCN1.COc1ccc2c(c1)c(CC(=O)O)c(C)n2Cc1ccc(Cl)cc1. The van der Waals surface area contributed by atoms with Crippen LogP contribution in [0.5, 0.6) is 5.75 Å². The van der Waals surface area contributed by atoms with E-state index >= 15 is 0 Å². The molecule has 6 nitrogen and oxygen atoms in total. The van der Waals surface area contributed by atoms with Gasteiger partial charge in [0.25, 0.3) is 0 Å².